The number of hydrogen-bond acceptors (Lipinski definition) is 2. The van der Waals surface area contributed by atoms with Gasteiger partial charge in [-0.3, -0.25) is 0 Å². The van der Waals surface area contributed by atoms with E-state index in [0.29, 0.717) is 12.4 Å². The summed E-state index contributed by atoms with van der Waals surface area (Å²) in [6, 6.07) is 0. The third kappa shape index (κ3) is 12.2. The summed E-state index contributed by atoms with van der Waals surface area (Å²) in [5.74, 6) is 0.637. The van der Waals surface area contributed by atoms with Gasteiger partial charge < -0.3 is 10.1 Å². The Morgan fingerprint density at radius 1 is 1.24 bits per heavy atom. The lowest BCUT2D eigenvalue weighted by atomic mass is 9.88. The van der Waals surface area contributed by atoms with E-state index in [0.717, 1.165) is 19.4 Å². The standard InChI is InChI=1S/C11H21ClF3NO/c1-10(2,4-3-5-12)8-16-6-7-17-9-11(13,14)15/h16H,3-9H2,1-2H3. The van der Waals surface area contributed by atoms with Crippen LogP contribution < -0.4 is 5.32 Å². The van der Waals surface area contributed by atoms with Gasteiger partial charge in [0.1, 0.15) is 6.61 Å². The Morgan fingerprint density at radius 2 is 1.88 bits per heavy atom. The second-order valence-corrected chi connectivity index (χ2v) is 5.18. The van der Waals surface area contributed by atoms with Crippen molar-refractivity contribution in [2.24, 2.45) is 5.41 Å². The van der Waals surface area contributed by atoms with Crippen molar-refractivity contribution in [2.75, 3.05) is 32.2 Å². The van der Waals surface area contributed by atoms with E-state index in [4.69, 9.17) is 11.6 Å². The number of nitrogens with one attached hydrogen (secondary N) is 1. The zero-order valence-electron chi connectivity index (χ0n) is 10.4. The Hall–Kier alpha value is -0.0000000000000000555. The molecule has 0 aliphatic rings. The minimum Gasteiger partial charge on any atom is -0.371 e. The van der Waals surface area contributed by atoms with Gasteiger partial charge in [0.2, 0.25) is 0 Å². The molecule has 0 spiro atoms. The van der Waals surface area contributed by atoms with E-state index in [-0.39, 0.29) is 12.0 Å². The van der Waals surface area contributed by atoms with E-state index in [9.17, 15) is 13.2 Å². The molecule has 0 aliphatic carbocycles. The summed E-state index contributed by atoms with van der Waals surface area (Å²) in [6.45, 7) is 4.28. The summed E-state index contributed by atoms with van der Waals surface area (Å²) >= 11 is 5.61. The summed E-state index contributed by atoms with van der Waals surface area (Å²) in [5.41, 5.74) is 0.110. The monoisotopic (exact) mass is 275 g/mol. The summed E-state index contributed by atoms with van der Waals surface area (Å²) in [7, 11) is 0. The van der Waals surface area contributed by atoms with Crippen molar-refractivity contribution < 1.29 is 17.9 Å². The van der Waals surface area contributed by atoms with Crippen molar-refractivity contribution in [3.63, 3.8) is 0 Å². The zero-order chi connectivity index (χ0) is 13.4. The van der Waals surface area contributed by atoms with E-state index in [2.05, 4.69) is 23.9 Å². The van der Waals surface area contributed by atoms with E-state index in [1.165, 1.54) is 0 Å². The average Bonchev–Trinajstić information content (AvgIpc) is 2.19. The summed E-state index contributed by atoms with van der Waals surface area (Å²) in [6.07, 6.45) is -2.30. The Labute approximate surface area is 106 Å². The summed E-state index contributed by atoms with van der Waals surface area (Å²) < 4.78 is 39.7. The number of hydrogen-bond donors (Lipinski definition) is 1. The third-order valence-electron chi connectivity index (χ3n) is 2.28. The third-order valence-corrected chi connectivity index (χ3v) is 2.55. The van der Waals surface area contributed by atoms with Crippen LogP contribution in [0.15, 0.2) is 0 Å². The molecule has 17 heavy (non-hydrogen) atoms. The number of halogens is 4. The molecule has 104 valence electrons. The van der Waals surface area contributed by atoms with E-state index >= 15 is 0 Å². The molecule has 0 aromatic heterocycles. The maximum Gasteiger partial charge on any atom is 0.411 e. The largest absolute Gasteiger partial charge is 0.411 e. The zero-order valence-corrected chi connectivity index (χ0v) is 11.1. The Morgan fingerprint density at radius 3 is 2.41 bits per heavy atom. The fourth-order valence-corrected chi connectivity index (χ4v) is 1.53. The predicted molar refractivity (Wildman–Crippen MR) is 63.5 cm³/mol. The van der Waals surface area contributed by atoms with Crippen LogP contribution in [0, 0.1) is 5.41 Å². The second kappa shape index (κ2) is 8.16. The van der Waals surface area contributed by atoms with Gasteiger partial charge in [-0.25, -0.2) is 0 Å². The molecule has 0 saturated heterocycles. The van der Waals surface area contributed by atoms with Crippen LogP contribution in [0.1, 0.15) is 26.7 Å². The van der Waals surface area contributed by atoms with E-state index in [1.807, 2.05) is 0 Å². The van der Waals surface area contributed by atoms with Gasteiger partial charge in [-0.05, 0) is 18.3 Å². The smallest absolute Gasteiger partial charge is 0.371 e. The molecule has 0 heterocycles. The molecule has 2 nitrogen and oxygen atoms in total. The molecule has 1 N–H and O–H groups in total. The SMILES string of the molecule is CC(C)(CCCCl)CNCCOCC(F)(F)F. The maximum absolute atomic E-state index is 11.7. The fourth-order valence-electron chi connectivity index (χ4n) is 1.39. The average molecular weight is 276 g/mol. The normalized spacial score (nSPS) is 13.1. The first kappa shape index (κ1) is 17.0. The molecular weight excluding hydrogens is 255 g/mol. The molecule has 0 fully saturated rings. The van der Waals surface area contributed by atoms with Crippen molar-refractivity contribution in [2.45, 2.75) is 32.9 Å². The molecule has 0 aromatic carbocycles. The van der Waals surface area contributed by atoms with Crippen molar-refractivity contribution in [1.82, 2.24) is 5.32 Å². The highest BCUT2D eigenvalue weighted by molar-refractivity contribution is 6.17. The predicted octanol–water partition coefficient (Wildman–Crippen LogP) is 3.20. The Kier molecular flexibility index (Phi) is 8.16. The molecule has 0 saturated carbocycles. The van der Waals surface area contributed by atoms with Crippen molar-refractivity contribution in [3.05, 3.63) is 0 Å². The molecule has 0 unspecified atom stereocenters. The van der Waals surface area contributed by atoms with Crippen LogP contribution >= 0.6 is 11.6 Å². The highest BCUT2D eigenvalue weighted by atomic mass is 35.5. The number of rotatable bonds is 9. The van der Waals surface area contributed by atoms with Gasteiger partial charge in [0.05, 0.1) is 6.61 Å². The first-order chi connectivity index (χ1) is 7.77. The van der Waals surface area contributed by atoms with Crippen LogP contribution in [0.5, 0.6) is 0 Å². The van der Waals surface area contributed by atoms with Gasteiger partial charge in [0.25, 0.3) is 0 Å². The second-order valence-electron chi connectivity index (χ2n) is 4.80. The van der Waals surface area contributed by atoms with Gasteiger partial charge in [0, 0.05) is 19.0 Å². The topological polar surface area (TPSA) is 21.3 Å². The molecular formula is C11H21ClF3NO. The summed E-state index contributed by atoms with van der Waals surface area (Å²) in [5, 5.41) is 3.09. The molecule has 0 atom stereocenters. The van der Waals surface area contributed by atoms with E-state index in [1.54, 1.807) is 0 Å². The van der Waals surface area contributed by atoms with Gasteiger partial charge in [-0.15, -0.1) is 11.6 Å². The van der Waals surface area contributed by atoms with Crippen LogP contribution in [-0.4, -0.2) is 38.4 Å². The molecule has 0 amide bonds. The van der Waals surface area contributed by atoms with Crippen LogP contribution in [0.4, 0.5) is 13.2 Å². The van der Waals surface area contributed by atoms with Gasteiger partial charge in [-0.2, -0.15) is 13.2 Å². The number of alkyl halides is 4. The minimum atomic E-state index is -4.24. The van der Waals surface area contributed by atoms with Crippen LogP contribution in [0.25, 0.3) is 0 Å². The highest BCUT2D eigenvalue weighted by Crippen LogP contribution is 2.21. The molecule has 0 bridgehead atoms. The lowest BCUT2D eigenvalue weighted by molar-refractivity contribution is -0.173. The molecule has 0 rings (SSSR count). The molecule has 0 radical (unpaired) electrons. The van der Waals surface area contributed by atoms with Gasteiger partial charge in [-0.1, -0.05) is 13.8 Å². The Bertz CT molecular complexity index is 198. The minimum absolute atomic E-state index is 0.0745. The van der Waals surface area contributed by atoms with Crippen LogP contribution in [-0.2, 0) is 4.74 Å². The van der Waals surface area contributed by atoms with Crippen molar-refractivity contribution in [1.29, 1.82) is 0 Å². The van der Waals surface area contributed by atoms with Crippen molar-refractivity contribution in [3.8, 4) is 0 Å². The fraction of sp³-hybridized carbons (Fsp3) is 1.00. The van der Waals surface area contributed by atoms with E-state index < -0.39 is 12.8 Å². The van der Waals surface area contributed by atoms with Gasteiger partial charge in [0.15, 0.2) is 0 Å². The van der Waals surface area contributed by atoms with Crippen LogP contribution in [0.2, 0.25) is 0 Å². The highest BCUT2D eigenvalue weighted by Gasteiger charge is 2.27. The molecule has 0 aromatic rings. The lowest BCUT2D eigenvalue weighted by Gasteiger charge is -2.24. The molecule has 0 aliphatic heterocycles. The first-order valence-corrected chi connectivity index (χ1v) is 6.21. The van der Waals surface area contributed by atoms with Gasteiger partial charge >= 0.3 is 6.18 Å². The lowest BCUT2D eigenvalue weighted by Crippen LogP contribution is -2.32. The maximum atomic E-state index is 11.7. The van der Waals surface area contributed by atoms with Crippen LogP contribution in [0.3, 0.4) is 0 Å². The first-order valence-electron chi connectivity index (χ1n) is 5.68. The quantitative estimate of drug-likeness (QED) is 0.515. The number of ether oxygens (including phenoxy) is 1. The Balaban J connectivity index is 3.44. The van der Waals surface area contributed by atoms with Crippen molar-refractivity contribution >= 4 is 11.6 Å². The molecule has 6 heteroatoms. The summed E-state index contributed by atoms with van der Waals surface area (Å²) in [4.78, 5) is 0.